The lowest BCUT2D eigenvalue weighted by Gasteiger charge is -2.31. The van der Waals surface area contributed by atoms with Crippen molar-refractivity contribution >= 4 is 11.8 Å². The van der Waals surface area contributed by atoms with E-state index in [-0.39, 0.29) is 0 Å². The third-order valence-corrected chi connectivity index (χ3v) is 3.32. The maximum Gasteiger partial charge on any atom is 0.412 e. The molecule has 1 saturated heterocycles. The van der Waals surface area contributed by atoms with Crippen molar-refractivity contribution in [2.75, 3.05) is 18.4 Å². The molecule has 3 N–H and O–H groups in total. The van der Waals surface area contributed by atoms with Gasteiger partial charge in [0.15, 0.2) is 0 Å². The Morgan fingerprint density at radius 2 is 1.90 bits per heavy atom. The Kier molecular flexibility index (Phi) is 4.85. The van der Waals surface area contributed by atoms with Crippen molar-refractivity contribution in [2.24, 2.45) is 0 Å². The SMILES string of the molecule is CC(NC1CNC1)c1ccc(NC(=O)OC(C)(C)C)cc1. The van der Waals surface area contributed by atoms with Gasteiger partial charge < -0.3 is 15.4 Å². The fourth-order valence-electron chi connectivity index (χ4n) is 2.13. The van der Waals surface area contributed by atoms with Crippen LogP contribution in [0, 0.1) is 0 Å². The van der Waals surface area contributed by atoms with Gasteiger partial charge in [0, 0.05) is 30.9 Å². The molecule has 1 heterocycles. The molecule has 0 bridgehead atoms. The Balaban J connectivity index is 1.87. The minimum atomic E-state index is -0.487. The van der Waals surface area contributed by atoms with Gasteiger partial charge in [-0.15, -0.1) is 0 Å². The van der Waals surface area contributed by atoms with Crippen LogP contribution < -0.4 is 16.0 Å². The predicted molar refractivity (Wildman–Crippen MR) is 84.5 cm³/mol. The van der Waals surface area contributed by atoms with Crippen LogP contribution >= 0.6 is 0 Å². The van der Waals surface area contributed by atoms with E-state index in [1.165, 1.54) is 5.56 Å². The molecule has 1 amide bonds. The van der Waals surface area contributed by atoms with Gasteiger partial charge in [0.1, 0.15) is 5.60 Å². The number of nitrogens with one attached hydrogen (secondary N) is 3. The number of anilines is 1. The van der Waals surface area contributed by atoms with Crippen LogP contribution in [0.4, 0.5) is 10.5 Å². The number of carbonyl (C=O) groups excluding carboxylic acids is 1. The molecule has 1 fully saturated rings. The molecular weight excluding hydrogens is 266 g/mol. The third-order valence-electron chi connectivity index (χ3n) is 3.32. The predicted octanol–water partition coefficient (Wildman–Crippen LogP) is 2.66. The molecule has 0 aliphatic carbocycles. The van der Waals surface area contributed by atoms with E-state index in [4.69, 9.17) is 4.74 Å². The van der Waals surface area contributed by atoms with Gasteiger partial charge in [-0.2, -0.15) is 0 Å². The summed E-state index contributed by atoms with van der Waals surface area (Å²) in [5.74, 6) is 0. The number of rotatable bonds is 4. The normalized spacial score (nSPS) is 17.0. The Labute approximate surface area is 126 Å². The van der Waals surface area contributed by atoms with E-state index in [1.54, 1.807) is 0 Å². The largest absolute Gasteiger partial charge is 0.444 e. The second-order valence-corrected chi connectivity index (χ2v) is 6.49. The van der Waals surface area contributed by atoms with E-state index in [2.05, 4.69) is 22.9 Å². The number of carbonyl (C=O) groups is 1. The highest BCUT2D eigenvalue weighted by atomic mass is 16.6. The molecule has 1 aromatic carbocycles. The Bertz CT molecular complexity index is 475. The van der Waals surface area contributed by atoms with Crippen molar-refractivity contribution in [1.29, 1.82) is 0 Å². The minimum Gasteiger partial charge on any atom is -0.444 e. The van der Waals surface area contributed by atoms with E-state index in [0.29, 0.717) is 12.1 Å². The molecule has 5 heteroatoms. The third kappa shape index (κ3) is 5.02. The van der Waals surface area contributed by atoms with Gasteiger partial charge in [-0.1, -0.05) is 12.1 Å². The zero-order chi connectivity index (χ0) is 15.5. The van der Waals surface area contributed by atoms with Crippen LogP contribution in [0.3, 0.4) is 0 Å². The summed E-state index contributed by atoms with van der Waals surface area (Å²) < 4.78 is 5.22. The summed E-state index contributed by atoms with van der Waals surface area (Å²) in [4.78, 5) is 11.7. The molecular formula is C16H25N3O2. The zero-order valence-corrected chi connectivity index (χ0v) is 13.2. The maximum atomic E-state index is 11.7. The summed E-state index contributed by atoms with van der Waals surface area (Å²) in [6.45, 7) is 9.74. The topological polar surface area (TPSA) is 62.4 Å². The molecule has 1 atom stereocenters. The lowest BCUT2D eigenvalue weighted by molar-refractivity contribution is 0.0636. The van der Waals surface area contributed by atoms with Gasteiger partial charge in [-0.3, -0.25) is 5.32 Å². The van der Waals surface area contributed by atoms with Crippen molar-refractivity contribution in [3.63, 3.8) is 0 Å². The molecule has 1 aromatic rings. The molecule has 5 nitrogen and oxygen atoms in total. The highest BCUT2D eigenvalue weighted by molar-refractivity contribution is 5.84. The van der Waals surface area contributed by atoms with Crippen LogP contribution in [-0.4, -0.2) is 30.8 Å². The Morgan fingerprint density at radius 3 is 2.38 bits per heavy atom. The molecule has 116 valence electrons. The first-order valence-corrected chi connectivity index (χ1v) is 7.40. The van der Waals surface area contributed by atoms with Gasteiger partial charge >= 0.3 is 6.09 Å². The first kappa shape index (κ1) is 15.8. The molecule has 0 radical (unpaired) electrons. The summed E-state index contributed by atoms with van der Waals surface area (Å²) in [7, 11) is 0. The van der Waals surface area contributed by atoms with E-state index in [9.17, 15) is 4.79 Å². The quantitative estimate of drug-likeness (QED) is 0.798. The van der Waals surface area contributed by atoms with Crippen molar-refractivity contribution < 1.29 is 9.53 Å². The van der Waals surface area contributed by atoms with E-state index >= 15 is 0 Å². The summed E-state index contributed by atoms with van der Waals surface area (Å²) in [6, 6.07) is 8.70. The lowest BCUT2D eigenvalue weighted by atomic mass is 10.1. The molecule has 1 aliphatic heterocycles. The number of benzene rings is 1. The van der Waals surface area contributed by atoms with E-state index < -0.39 is 11.7 Å². The Hall–Kier alpha value is -1.59. The highest BCUT2D eigenvalue weighted by Gasteiger charge is 2.19. The standard InChI is InChI=1S/C16H25N3O2/c1-11(18-14-9-17-10-14)12-5-7-13(8-6-12)19-15(20)21-16(2,3)4/h5-8,11,14,17-18H,9-10H2,1-4H3,(H,19,20). The fourth-order valence-corrected chi connectivity index (χ4v) is 2.13. The summed E-state index contributed by atoms with van der Waals surface area (Å²) in [5, 5.41) is 9.53. The number of amides is 1. The molecule has 2 rings (SSSR count). The average Bonchev–Trinajstić information content (AvgIpc) is 2.32. The van der Waals surface area contributed by atoms with Crippen LogP contribution in [0.25, 0.3) is 0 Å². The van der Waals surface area contributed by atoms with Gasteiger partial charge in [-0.25, -0.2) is 4.79 Å². The van der Waals surface area contributed by atoms with Crippen molar-refractivity contribution in [3.05, 3.63) is 29.8 Å². The summed E-state index contributed by atoms with van der Waals surface area (Å²) in [5.41, 5.74) is 1.46. The average molecular weight is 291 g/mol. The van der Waals surface area contributed by atoms with Crippen molar-refractivity contribution in [2.45, 2.75) is 45.4 Å². The van der Waals surface area contributed by atoms with Crippen LogP contribution in [0.2, 0.25) is 0 Å². The second-order valence-electron chi connectivity index (χ2n) is 6.49. The lowest BCUT2D eigenvalue weighted by Crippen LogP contribution is -2.55. The number of ether oxygens (including phenoxy) is 1. The molecule has 21 heavy (non-hydrogen) atoms. The van der Waals surface area contributed by atoms with Crippen molar-refractivity contribution in [1.82, 2.24) is 10.6 Å². The Morgan fingerprint density at radius 1 is 1.29 bits per heavy atom. The van der Waals surface area contributed by atoms with Gasteiger partial charge in [-0.05, 0) is 45.4 Å². The van der Waals surface area contributed by atoms with E-state index in [1.807, 2.05) is 45.0 Å². The van der Waals surface area contributed by atoms with E-state index in [0.717, 1.165) is 18.8 Å². The smallest absolute Gasteiger partial charge is 0.412 e. The summed E-state index contributed by atoms with van der Waals surface area (Å²) >= 11 is 0. The number of hydrogen-bond donors (Lipinski definition) is 3. The monoisotopic (exact) mass is 291 g/mol. The molecule has 0 aromatic heterocycles. The van der Waals surface area contributed by atoms with Gasteiger partial charge in [0.05, 0.1) is 0 Å². The van der Waals surface area contributed by atoms with Crippen LogP contribution in [-0.2, 0) is 4.74 Å². The molecule has 1 aliphatic rings. The zero-order valence-electron chi connectivity index (χ0n) is 13.2. The highest BCUT2D eigenvalue weighted by Crippen LogP contribution is 2.18. The van der Waals surface area contributed by atoms with Crippen LogP contribution in [0.5, 0.6) is 0 Å². The number of hydrogen-bond acceptors (Lipinski definition) is 4. The van der Waals surface area contributed by atoms with Gasteiger partial charge in [0.2, 0.25) is 0 Å². The first-order valence-electron chi connectivity index (χ1n) is 7.40. The minimum absolute atomic E-state index is 0.299. The fraction of sp³-hybridized carbons (Fsp3) is 0.562. The van der Waals surface area contributed by atoms with Crippen molar-refractivity contribution in [3.8, 4) is 0 Å². The maximum absolute atomic E-state index is 11.7. The molecule has 0 spiro atoms. The van der Waals surface area contributed by atoms with Crippen LogP contribution in [0.15, 0.2) is 24.3 Å². The van der Waals surface area contributed by atoms with Crippen LogP contribution in [0.1, 0.15) is 39.3 Å². The first-order chi connectivity index (χ1) is 9.83. The van der Waals surface area contributed by atoms with Gasteiger partial charge in [0.25, 0.3) is 0 Å². The second kappa shape index (κ2) is 6.45. The molecule has 1 unspecified atom stereocenters. The summed E-state index contributed by atoms with van der Waals surface area (Å²) in [6.07, 6.45) is -0.429. The molecule has 0 saturated carbocycles.